The summed E-state index contributed by atoms with van der Waals surface area (Å²) in [6.07, 6.45) is 18.4. The Morgan fingerprint density at radius 3 is 0.737 bits per heavy atom. The Kier molecular flexibility index (Phi) is 35.7. The first kappa shape index (κ1) is 24.9. The molecule has 2 fully saturated rings. The van der Waals surface area contributed by atoms with E-state index in [1.807, 2.05) is 0 Å². The molecular formula is C16H30S2Ti+2. The molecule has 0 aromatic carbocycles. The molecule has 2 aliphatic carbocycles. The fourth-order valence-corrected chi connectivity index (χ4v) is 1.77. The quantitative estimate of drug-likeness (QED) is 0.380. The number of hydrogen-bond acceptors (Lipinski definition) is 2. The molecule has 0 bridgehead atoms. The zero-order chi connectivity index (χ0) is 13.9. The molecule has 0 N–H and O–H groups in total. The van der Waals surface area contributed by atoms with Crippen molar-refractivity contribution in [1.82, 2.24) is 0 Å². The van der Waals surface area contributed by atoms with Gasteiger partial charge in [-0.15, -0.1) is 25.3 Å². The van der Waals surface area contributed by atoms with Crippen LogP contribution in [0, 0.1) is 0 Å². The van der Waals surface area contributed by atoms with E-state index in [-0.39, 0.29) is 21.7 Å². The maximum absolute atomic E-state index is 4.44. The van der Waals surface area contributed by atoms with Gasteiger partial charge in [-0.3, -0.25) is 0 Å². The van der Waals surface area contributed by atoms with E-state index in [0.717, 1.165) is 0 Å². The minimum atomic E-state index is 0. The smallest absolute Gasteiger partial charge is 0.789 e. The van der Waals surface area contributed by atoms with Crippen molar-refractivity contribution >= 4 is 25.3 Å². The van der Waals surface area contributed by atoms with Gasteiger partial charge in [-0.2, -0.15) is 11.5 Å². The monoisotopic (exact) mass is 334 g/mol. The van der Waals surface area contributed by atoms with E-state index in [1.165, 1.54) is 64.2 Å². The van der Waals surface area contributed by atoms with Crippen molar-refractivity contribution in [3.05, 3.63) is 25.3 Å². The van der Waals surface area contributed by atoms with E-state index in [9.17, 15) is 0 Å². The van der Waals surface area contributed by atoms with Gasteiger partial charge in [-0.05, 0) is 0 Å². The Labute approximate surface area is 147 Å². The van der Waals surface area contributed by atoms with Crippen LogP contribution in [0.2, 0.25) is 0 Å². The van der Waals surface area contributed by atoms with Crippen LogP contribution in [0.5, 0.6) is 0 Å². The second kappa shape index (κ2) is 27.3. The first-order valence-electron chi connectivity index (χ1n) is 7.21. The topological polar surface area (TPSA) is 0 Å². The molecule has 2 saturated carbocycles. The summed E-state index contributed by atoms with van der Waals surface area (Å²) in [5.41, 5.74) is 0. The standard InChI is InChI=1S/2C5H10.2C3H6S.Ti/c2*1-2-4-5-3-1;2*1-2-3-4;/h2*1-5H2;2*2,4H,1,3H2;/q;;;;+4/p-2. The van der Waals surface area contributed by atoms with E-state index in [1.54, 1.807) is 12.2 Å². The maximum Gasteiger partial charge on any atom is 4.00 e. The maximum atomic E-state index is 4.44. The fourth-order valence-electron chi connectivity index (χ4n) is 1.77. The molecule has 0 aromatic rings. The fraction of sp³-hybridized carbons (Fsp3) is 0.750. The summed E-state index contributed by atoms with van der Waals surface area (Å²) in [6, 6.07) is 0. The minimum absolute atomic E-state index is 0. The molecule has 0 aromatic heterocycles. The van der Waals surface area contributed by atoms with Crippen molar-refractivity contribution in [2.24, 2.45) is 0 Å². The van der Waals surface area contributed by atoms with E-state index >= 15 is 0 Å². The van der Waals surface area contributed by atoms with Crippen LogP contribution in [-0.4, -0.2) is 11.5 Å². The summed E-state index contributed by atoms with van der Waals surface area (Å²) in [6.45, 7) is 6.75. The summed E-state index contributed by atoms with van der Waals surface area (Å²) in [5, 5.41) is 0. The SMILES string of the molecule is C1CCCC1.C1CCCC1.C=CC[S-].C=CC[S-].[Ti+4]. The van der Waals surface area contributed by atoms with Gasteiger partial charge in [0.25, 0.3) is 0 Å². The van der Waals surface area contributed by atoms with Crippen LogP contribution >= 0.6 is 0 Å². The van der Waals surface area contributed by atoms with Crippen molar-refractivity contribution in [2.75, 3.05) is 11.5 Å². The van der Waals surface area contributed by atoms with Gasteiger partial charge < -0.3 is 25.3 Å². The number of rotatable bonds is 2. The third-order valence-corrected chi connectivity index (χ3v) is 3.21. The van der Waals surface area contributed by atoms with Crippen LogP contribution in [0.4, 0.5) is 0 Å². The summed E-state index contributed by atoms with van der Waals surface area (Å²) >= 11 is 8.87. The Hall–Kier alpha value is 0.894. The summed E-state index contributed by atoms with van der Waals surface area (Å²) in [7, 11) is 0. The second-order valence-electron chi connectivity index (χ2n) is 4.45. The molecule has 0 amide bonds. The summed E-state index contributed by atoms with van der Waals surface area (Å²) in [4.78, 5) is 0. The molecule has 0 spiro atoms. The predicted molar refractivity (Wildman–Crippen MR) is 91.0 cm³/mol. The Morgan fingerprint density at radius 2 is 0.684 bits per heavy atom. The van der Waals surface area contributed by atoms with Gasteiger partial charge >= 0.3 is 21.7 Å². The molecular weight excluding hydrogens is 304 g/mol. The molecule has 108 valence electrons. The average Bonchev–Trinajstić information content (AvgIpc) is 3.14. The van der Waals surface area contributed by atoms with Crippen LogP contribution in [0.3, 0.4) is 0 Å². The molecule has 0 atom stereocenters. The summed E-state index contributed by atoms with van der Waals surface area (Å²) < 4.78 is 0. The van der Waals surface area contributed by atoms with Gasteiger partial charge in [0.2, 0.25) is 0 Å². The first-order valence-corrected chi connectivity index (χ1v) is 8.37. The van der Waals surface area contributed by atoms with Crippen LogP contribution in [0.1, 0.15) is 64.2 Å². The van der Waals surface area contributed by atoms with Gasteiger partial charge in [-0.25, -0.2) is 0 Å². The van der Waals surface area contributed by atoms with Gasteiger partial charge in [0, 0.05) is 0 Å². The molecule has 3 heteroatoms. The average molecular weight is 334 g/mol. The van der Waals surface area contributed by atoms with Crippen molar-refractivity contribution < 1.29 is 21.7 Å². The van der Waals surface area contributed by atoms with Crippen molar-refractivity contribution in [1.29, 1.82) is 0 Å². The molecule has 0 radical (unpaired) electrons. The van der Waals surface area contributed by atoms with Crippen LogP contribution < -0.4 is 0 Å². The second-order valence-corrected chi connectivity index (χ2v) is 5.11. The third-order valence-electron chi connectivity index (χ3n) is 2.74. The van der Waals surface area contributed by atoms with E-state index < -0.39 is 0 Å². The van der Waals surface area contributed by atoms with E-state index in [2.05, 4.69) is 38.4 Å². The first-order chi connectivity index (χ1) is 8.83. The number of hydrogen-bond donors (Lipinski definition) is 0. The largest absolute Gasteiger partial charge is 4.00 e. The zero-order valence-electron chi connectivity index (χ0n) is 12.4. The molecule has 2 aliphatic rings. The van der Waals surface area contributed by atoms with Gasteiger partial charge in [0.05, 0.1) is 0 Å². The Balaban J connectivity index is -0.000000178. The van der Waals surface area contributed by atoms with Crippen LogP contribution in [-0.2, 0) is 47.0 Å². The molecule has 0 aliphatic heterocycles. The zero-order valence-corrected chi connectivity index (χ0v) is 15.6. The molecule has 0 nitrogen and oxygen atoms in total. The van der Waals surface area contributed by atoms with Crippen molar-refractivity contribution in [2.45, 2.75) is 64.2 Å². The molecule has 2 rings (SSSR count). The molecule has 0 heterocycles. The van der Waals surface area contributed by atoms with E-state index in [4.69, 9.17) is 0 Å². The third kappa shape index (κ3) is 32.4. The van der Waals surface area contributed by atoms with Gasteiger partial charge in [0.1, 0.15) is 0 Å². The van der Waals surface area contributed by atoms with Crippen LogP contribution in [0.25, 0.3) is 0 Å². The van der Waals surface area contributed by atoms with Crippen LogP contribution in [0.15, 0.2) is 25.3 Å². The van der Waals surface area contributed by atoms with Crippen molar-refractivity contribution in [3.8, 4) is 0 Å². The molecule has 0 saturated heterocycles. The van der Waals surface area contributed by atoms with Gasteiger partial charge in [-0.1, -0.05) is 64.2 Å². The minimum Gasteiger partial charge on any atom is -0.789 e. The molecule has 19 heavy (non-hydrogen) atoms. The normalized spacial score (nSPS) is 15.3. The van der Waals surface area contributed by atoms with E-state index in [0.29, 0.717) is 11.5 Å². The summed E-state index contributed by atoms with van der Waals surface area (Å²) in [5.74, 6) is 1.33. The van der Waals surface area contributed by atoms with Gasteiger partial charge in [0.15, 0.2) is 0 Å². The Morgan fingerprint density at radius 1 is 0.579 bits per heavy atom. The molecule has 0 unspecified atom stereocenters. The predicted octanol–water partition coefficient (Wildman–Crippen LogP) is 5.34. The van der Waals surface area contributed by atoms with Crippen molar-refractivity contribution in [3.63, 3.8) is 0 Å². The Bertz CT molecular complexity index is 120.